The molecular weight excluding hydrogens is 535 g/mol. The van der Waals surface area contributed by atoms with Gasteiger partial charge in [0.2, 0.25) is 10.0 Å². The molecule has 4 rings (SSSR count). The summed E-state index contributed by atoms with van der Waals surface area (Å²) < 4.78 is 68.7. The largest absolute Gasteiger partial charge is 0.511 e. The Morgan fingerprint density at radius 1 is 1.21 bits per heavy atom. The van der Waals surface area contributed by atoms with E-state index in [1.807, 2.05) is 13.8 Å². The third kappa shape index (κ3) is 6.16. The molecule has 3 N–H and O–H groups in total. The predicted octanol–water partition coefficient (Wildman–Crippen LogP) is 3.62. The number of sulfonamides is 2. The standard InChI is InChI=1S/C25H29FN4O6S2/c1-15(2)4-7-17-14-30(13-16-5-8-18(26)9-6-16)25(32)22(23(17)31)24-27-20-11-10-19(28-37(3,33)34)12-21(20)38(35,36)29-24/h5-6,8-12,15,17,28,31H,4,7,13-14H2,1-3H3,(H,27,29)/t17-/m0/s1. The van der Waals surface area contributed by atoms with Crippen LogP contribution < -0.4 is 10.0 Å². The highest BCUT2D eigenvalue weighted by molar-refractivity contribution is 7.92. The van der Waals surface area contributed by atoms with Gasteiger partial charge in [-0.15, -0.1) is 4.40 Å². The normalized spacial score (nSPS) is 19.2. The zero-order chi connectivity index (χ0) is 27.8. The first-order valence-electron chi connectivity index (χ1n) is 11.9. The van der Waals surface area contributed by atoms with Crippen molar-refractivity contribution >= 4 is 43.2 Å². The number of carbonyl (C=O) groups excluding carboxylic acids is 1. The van der Waals surface area contributed by atoms with Crippen LogP contribution in [0.3, 0.4) is 0 Å². The summed E-state index contributed by atoms with van der Waals surface area (Å²) in [7, 11) is -8.01. The summed E-state index contributed by atoms with van der Waals surface area (Å²) in [6, 6.07) is 9.55. The number of rotatable bonds is 8. The van der Waals surface area contributed by atoms with Crippen LogP contribution in [0.15, 0.2) is 63.1 Å². The molecule has 0 bridgehead atoms. The molecule has 13 heteroatoms. The van der Waals surface area contributed by atoms with Gasteiger partial charge in [0.15, 0.2) is 5.84 Å². The molecule has 0 fully saturated rings. The fourth-order valence-corrected chi connectivity index (χ4v) is 6.09. The Hall–Kier alpha value is -3.45. The zero-order valence-electron chi connectivity index (χ0n) is 21.1. The van der Waals surface area contributed by atoms with Crippen molar-refractivity contribution in [2.45, 2.75) is 38.1 Å². The van der Waals surface area contributed by atoms with E-state index in [-0.39, 0.29) is 46.5 Å². The van der Waals surface area contributed by atoms with E-state index in [1.54, 1.807) is 12.1 Å². The fraction of sp³-hybridized carbons (Fsp3) is 0.360. The molecule has 0 unspecified atom stereocenters. The van der Waals surface area contributed by atoms with Gasteiger partial charge >= 0.3 is 0 Å². The van der Waals surface area contributed by atoms with E-state index in [4.69, 9.17) is 0 Å². The minimum atomic E-state index is -4.36. The minimum Gasteiger partial charge on any atom is -0.511 e. The van der Waals surface area contributed by atoms with Crippen LogP contribution in [0.4, 0.5) is 15.8 Å². The second kappa shape index (κ2) is 10.4. The molecule has 0 aliphatic carbocycles. The van der Waals surface area contributed by atoms with Gasteiger partial charge in [-0.25, -0.2) is 12.8 Å². The van der Waals surface area contributed by atoms with E-state index in [0.29, 0.717) is 17.9 Å². The quantitative estimate of drug-likeness (QED) is 0.444. The lowest BCUT2D eigenvalue weighted by Crippen LogP contribution is -2.45. The number of hydrogen-bond donors (Lipinski definition) is 3. The summed E-state index contributed by atoms with van der Waals surface area (Å²) in [4.78, 5) is 14.8. The SMILES string of the molecule is CC(C)CC[C@H]1CN(Cc2ccc(F)cc2)C(=O)C(C2=NS(=O)(=O)c3cc(NS(C)(=O)=O)ccc3N2)=C1O. The summed E-state index contributed by atoms with van der Waals surface area (Å²) in [5.74, 6) is -1.71. The number of halogens is 1. The molecule has 10 nitrogen and oxygen atoms in total. The van der Waals surface area contributed by atoms with Gasteiger partial charge < -0.3 is 15.3 Å². The van der Waals surface area contributed by atoms with Gasteiger partial charge in [0.25, 0.3) is 15.9 Å². The van der Waals surface area contributed by atoms with Crippen molar-refractivity contribution in [1.29, 1.82) is 0 Å². The topological polar surface area (TPSA) is 145 Å². The van der Waals surface area contributed by atoms with Gasteiger partial charge in [0.05, 0.1) is 11.9 Å². The monoisotopic (exact) mass is 564 g/mol. The van der Waals surface area contributed by atoms with Crippen molar-refractivity contribution in [2.24, 2.45) is 16.2 Å². The maximum Gasteiger partial charge on any atom is 0.286 e. The van der Waals surface area contributed by atoms with Crippen LogP contribution in [0.2, 0.25) is 0 Å². The fourth-order valence-electron chi connectivity index (χ4n) is 4.38. The number of aliphatic hydroxyl groups excluding tert-OH is 1. The Labute approximate surface area is 221 Å². The number of benzene rings is 2. The number of nitrogens with zero attached hydrogens (tertiary/aromatic N) is 2. The van der Waals surface area contributed by atoms with Crippen molar-refractivity contribution in [3.05, 3.63) is 65.2 Å². The molecule has 0 saturated heterocycles. The molecule has 0 spiro atoms. The zero-order valence-corrected chi connectivity index (χ0v) is 22.7. The van der Waals surface area contributed by atoms with E-state index in [9.17, 15) is 31.1 Å². The van der Waals surface area contributed by atoms with E-state index in [1.165, 1.54) is 29.2 Å². The van der Waals surface area contributed by atoms with Crippen LogP contribution in [0.5, 0.6) is 0 Å². The molecule has 0 radical (unpaired) electrons. The summed E-state index contributed by atoms with van der Waals surface area (Å²) >= 11 is 0. The van der Waals surface area contributed by atoms with Crippen LogP contribution in [0, 0.1) is 17.7 Å². The molecule has 2 aliphatic heterocycles. The maximum atomic E-state index is 13.6. The van der Waals surface area contributed by atoms with Crippen LogP contribution in [0.25, 0.3) is 0 Å². The van der Waals surface area contributed by atoms with Crippen LogP contribution in [-0.2, 0) is 31.4 Å². The van der Waals surface area contributed by atoms with E-state index >= 15 is 0 Å². The number of aliphatic hydroxyl groups is 1. The summed E-state index contributed by atoms with van der Waals surface area (Å²) in [6.07, 6.45) is 2.25. The molecule has 2 aromatic rings. The second-order valence-corrected chi connectivity index (χ2v) is 13.2. The van der Waals surface area contributed by atoms with Gasteiger partial charge in [-0.1, -0.05) is 32.4 Å². The average Bonchev–Trinajstić information content (AvgIpc) is 2.80. The van der Waals surface area contributed by atoms with Crippen LogP contribution in [-0.4, -0.2) is 51.4 Å². The first-order valence-corrected chi connectivity index (χ1v) is 15.3. The smallest absolute Gasteiger partial charge is 0.286 e. The van der Waals surface area contributed by atoms with E-state index in [0.717, 1.165) is 18.7 Å². The Balaban J connectivity index is 1.73. The molecule has 1 atom stereocenters. The molecular formula is C25H29FN4O6S2. The molecule has 2 aliphatic rings. The third-order valence-electron chi connectivity index (χ3n) is 6.23. The molecule has 0 saturated carbocycles. The lowest BCUT2D eigenvalue weighted by atomic mass is 9.89. The first kappa shape index (κ1) is 27.6. The van der Waals surface area contributed by atoms with E-state index in [2.05, 4.69) is 14.4 Å². The van der Waals surface area contributed by atoms with Gasteiger partial charge in [-0.05, 0) is 48.2 Å². The Bertz CT molecular complexity index is 1530. The van der Waals surface area contributed by atoms with Gasteiger partial charge in [-0.2, -0.15) is 8.42 Å². The lowest BCUT2D eigenvalue weighted by Gasteiger charge is -2.35. The molecule has 2 aromatic carbocycles. The molecule has 38 heavy (non-hydrogen) atoms. The summed E-state index contributed by atoms with van der Waals surface area (Å²) in [6.45, 7) is 4.41. The van der Waals surface area contributed by atoms with E-state index < -0.39 is 37.7 Å². The number of nitrogens with one attached hydrogen (secondary N) is 2. The van der Waals surface area contributed by atoms with Gasteiger partial charge in [0, 0.05) is 24.7 Å². The summed E-state index contributed by atoms with van der Waals surface area (Å²) in [5, 5.41) is 14.0. The average molecular weight is 565 g/mol. The molecule has 1 amide bonds. The van der Waals surface area contributed by atoms with Crippen molar-refractivity contribution < 1.29 is 31.1 Å². The van der Waals surface area contributed by atoms with Gasteiger partial charge in [-0.3, -0.25) is 9.52 Å². The highest BCUT2D eigenvalue weighted by Gasteiger charge is 2.39. The van der Waals surface area contributed by atoms with Crippen molar-refractivity contribution in [2.75, 3.05) is 22.8 Å². The molecule has 204 valence electrons. The highest BCUT2D eigenvalue weighted by Crippen LogP contribution is 2.35. The van der Waals surface area contributed by atoms with Crippen LogP contribution >= 0.6 is 0 Å². The third-order valence-corrected chi connectivity index (χ3v) is 8.15. The van der Waals surface area contributed by atoms with Gasteiger partial charge in [0.1, 0.15) is 22.0 Å². The number of amidine groups is 1. The van der Waals surface area contributed by atoms with Crippen molar-refractivity contribution in [1.82, 2.24) is 4.90 Å². The molecule has 2 heterocycles. The summed E-state index contributed by atoms with van der Waals surface area (Å²) in [5.41, 5.74) is 0.534. The first-order chi connectivity index (χ1) is 17.7. The number of carbonyl (C=O) groups is 1. The highest BCUT2D eigenvalue weighted by atomic mass is 32.2. The second-order valence-electron chi connectivity index (χ2n) is 9.87. The van der Waals surface area contributed by atoms with Crippen molar-refractivity contribution in [3.63, 3.8) is 0 Å². The Morgan fingerprint density at radius 2 is 1.89 bits per heavy atom. The predicted molar refractivity (Wildman–Crippen MR) is 142 cm³/mol. The maximum absolute atomic E-state index is 13.6. The Morgan fingerprint density at radius 3 is 2.53 bits per heavy atom. The van der Waals surface area contributed by atoms with Crippen molar-refractivity contribution in [3.8, 4) is 0 Å². The van der Waals surface area contributed by atoms with Crippen LogP contribution in [0.1, 0.15) is 32.3 Å². The lowest BCUT2D eigenvalue weighted by molar-refractivity contribution is -0.129. The molecule has 0 aromatic heterocycles. The Kier molecular flexibility index (Phi) is 7.53. The number of fused-ring (bicyclic) bond motifs is 1. The number of hydrogen-bond acceptors (Lipinski definition) is 7. The minimum absolute atomic E-state index is 0.0327. The number of amides is 1. The number of anilines is 2.